The van der Waals surface area contributed by atoms with Crippen LogP contribution in [0.15, 0.2) is 24.3 Å². The molecule has 0 bridgehead atoms. The van der Waals surface area contributed by atoms with Crippen molar-refractivity contribution in [1.29, 1.82) is 0 Å². The first-order chi connectivity index (χ1) is 7.92. The normalized spacial score (nSPS) is 11.1. The fraction of sp³-hybridized carbons (Fsp3) is 0.417. The maximum atomic E-state index is 13.2. The molecule has 1 aromatic rings. The lowest BCUT2D eigenvalue weighted by atomic mass is 10.2. The Balaban J connectivity index is 2.64. The van der Waals surface area contributed by atoms with Crippen LogP contribution >= 0.6 is 0 Å². The highest BCUT2D eigenvalue weighted by molar-refractivity contribution is 5.94. The quantitative estimate of drug-likeness (QED) is 0.821. The molecular weight excluding hydrogens is 225 g/mol. The molecule has 0 radical (unpaired) electrons. The van der Waals surface area contributed by atoms with E-state index in [4.69, 9.17) is 9.84 Å². The van der Waals surface area contributed by atoms with E-state index >= 15 is 0 Å². The number of nitrogens with one attached hydrogen (secondary N) is 1. The van der Waals surface area contributed by atoms with Gasteiger partial charge in [-0.25, -0.2) is 0 Å². The third-order valence-corrected chi connectivity index (χ3v) is 1.87. The van der Waals surface area contributed by atoms with Crippen LogP contribution in [0.25, 0.3) is 0 Å². The van der Waals surface area contributed by atoms with Gasteiger partial charge in [0.05, 0.1) is 6.61 Å². The monoisotopic (exact) mass is 241 g/mol. The molecule has 0 aliphatic carbocycles. The van der Waals surface area contributed by atoms with E-state index in [0.717, 1.165) is 0 Å². The number of amides is 1. The minimum Gasteiger partial charge on any atom is -0.459 e. The number of ether oxygens (including phenoxy) is 1. The number of halogens is 1. The van der Waals surface area contributed by atoms with Crippen molar-refractivity contribution >= 4 is 5.91 Å². The van der Waals surface area contributed by atoms with Crippen LogP contribution in [-0.2, 0) is 0 Å². The summed E-state index contributed by atoms with van der Waals surface area (Å²) in [6, 6.07) is 6.12. The molecule has 0 heterocycles. The van der Waals surface area contributed by atoms with Crippen LogP contribution < -0.4 is 10.1 Å². The van der Waals surface area contributed by atoms with Crippen LogP contribution in [0.2, 0.25) is 0 Å². The van der Waals surface area contributed by atoms with Gasteiger partial charge in [0, 0.05) is 26.0 Å². The highest BCUT2D eigenvalue weighted by Crippen LogP contribution is 2.19. The number of carbonyl (C=O) groups is 1. The lowest BCUT2D eigenvalue weighted by Crippen LogP contribution is -2.26. The van der Waals surface area contributed by atoms with Gasteiger partial charge in [0.15, 0.2) is 0 Å². The molecule has 0 aromatic heterocycles. The molecule has 0 aliphatic heterocycles. The zero-order valence-electron chi connectivity index (χ0n) is 9.87. The molecule has 0 unspecified atom stereocenters. The number of carbonyl (C=O) groups excluding carboxylic acids is 1. The van der Waals surface area contributed by atoms with Crippen LogP contribution in [0.5, 0.6) is 5.75 Å². The number of hydrogen-bond donors (Lipinski definition) is 2. The van der Waals surface area contributed by atoms with E-state index in [-0.39, 0.29) is 19.1 Å². The fourth-order valence-corrected chi connectivity index (χ4v) is 1.23. The van der Waals surface area contributed by atoms with E-state index in [2.05, 4.69) is 5.32 Å². The van der Waals surface area contributed by atoms with E-state index in [0.29, 0.717) is 11.3 Å². The molecule has 4 nitrogen and oxygen atoms in total. The molecule has 17 heavy (non-hydrogen) atoms. The van der Waals surface area contributed by atoms with Gasteiger partial charge in [-0.05, 0) is 24.3 Å². The third kappa shape index (κ3) is 4.82. The maximum Gasteiger partial charge on any atom is 0.251 e. The van der Waals surface area contributed by atoms with Crippen molar-refractivity contribution in [2.75, 3.05) is 13.2 Å². The summed E-state index contributed by atoms with van der Waals surface area (Å²) in [7, 11) is 0. The van der Waals surface area contributed by atoms with Crippen LogP contribution in [0.3, 0.4) is 0 Å². The molecule has 0 aliphatic rings. The molecule has 0 fully saturated rings. The summed E-state index contributed by atoms with van der Waals surface area (Å²) < 4.78 is 18.2. The van der Waals surface area contributed by atoms with Crippen molar-refractivity contribution in [1.82, 2.24) is 5.32 Å². The predicted octanol–water partition coefficient (Wildman–Crippen LogP) is 1.49. The number of aliphatic hydroxyl groups is 1. The highest BCUT2D eigenvalue weighted by atomic mass is 19.2. The van der Waals surface area contributed by atoms with Crippen molar-refractivity contribution in [3.63, 3.8) is 0 Å². The molecule has 0 saturated carbocycles. The lowest BCUT2D eigenvalue weighted by molar-refractivity contribution is -0.0257. The standard InChI is InChI=1S/C12H16FNO3/c1-12(2,13)17-10-5-3-9(4-6-10)11(16)14-7-8-15/h3-6,15H,7-8H2,1-2H3,(H,14,16). The zero-order chi connectivity index (χ0) is 12.9. The lowest BCUT2D eigenvalue weighted by Gasteiger charge is -2.17. The van der Waals surface area contributed by atoms with Gasteiger partial charge in [0.25, 0.3) is 5.91 Å². The first-order valence-corrected chi connectivity index (χ1v) is 5.29. The topological polar surface area (TPSA) is 58.6 Å². The Bertz CT molecular complexity index is 370. The Morgan fingerprint density at radius 3 is 2.47 bits per heavy atom. The summed E-state index contributed by atoms with van der Waals surface area (Å²) in [6.45, 7) is 2.70. The van der Waals surface area contributed by atoms with Gasteiger partial charge in [0.1, 0.15) is 5.75 Å². The highest BCUT2D eigenvalue weighted by Gasteiger charge is 2.16. The maximum absolute atomic E-state index is 13.2. The Morgan fingerprint density at radius 1 is 1.41 bits per heavy atom. The summed E-state index contributed by atoms with van der Waals surface area (Å²) in [6.07, 6.45) is 0. The summed E-state index contributed by atoms with van der Waals surface area (Å²) in [4.78, 5) is 11.5. The Kier molecular flexibility index (Phi) is 4.45. The van der Waals surface area contributed by atoms with Gasteiger partial charge in [0.2, 0.25) is 5.85 Å². The largest absolute Gasteiger partial charge is 0.459 e. The van der Waals surface area contributed by atoms with Crippen molar-refractivity contribution in [3.05, 3.63) is 29.8 Å². The van der Waals surface area contributed by atoms with Crippen molar-refractivity contribution in [3.8, 4) is 5.75 Å². The summed E-state index contributed by atoms with van der Waals surface area (Å²) in [5.74, 6) is -1.68. The summed E-state index contributed by atoms with van der Waals surface area (Å²) in [5.41, 5.74) is 0.433. The van der Waals surface area contributed by atoms with Crippen LogP contribution in [-0.4, -0.2) is 30.0 Å². The molecule has 5 heteroatoms. The van der Waals surface area contributed by atoms with Gasteiger partial charge in [-0.2, -0.15) is 4.39 Å². The van der Waals surface area contributed by atoms with E-state index in [1.807, 2.05) is 0 Å². The number of benzene rings is 1. The van der Waals surface area contributed by atoms with E-state index in [9.17, 15) is 9.18 Å². The van der Waals surface area contributed by atoms with Gasteiger partial charge >= 0.3 is 0 Å². The molecule has 1 rings (SSSR count). The minimum absolute atomic E-state index is 0.108. The average molecular weight is 241 g/mol. The molecule has 1 amide bonds. The molecule has 1 aromatic carbocycles. The Hall–Kier alpha value is -1.62. The minimum atomic E-state index is -1.75. The van der Waals surface area contributed by atoms with Crippen LogP contribution in [0, 0.1) is 0 Å². The summed E-state index contributed by atoms with van der Waals surface area (Å²) >= 11 is 0. The van der Waals surface area contributed by atoms with E-state index in [1.54, 1.807) is 0 Å². The number of rotatable bonds is 5. The first kappa shape index (κ1) is 13.4. The van der Waals surface area contributed by atoms with E-state index < -0.39 is 5.85 Å². The second-order valence-corrected chi connectivity index (χ2v) is 3.97. The van der Waals surface area contributed by atoms with Gasteiger partial charge in [-0.1, -0.05) is 0 Å². The van der Waals surface area contributed by atoms with Crippen molar-refractivity contribution < 1.29 is 19.0 Å². The molecule has 2 N–H and O–H groups in total. The molecule has 0 saturated heterocycles. The predicted molar refractivity (Wildman–Crippen MR) is 61.7 cm³/mol. The van der Waals surface area contributed by atoms with Crippen LogP contribution in [0.4, 0.5) is 4.39 Å². The SMILES string of the molecule is CC(C)(F)Oc1ccc(C(=O)NCCO)cc1. The van der Waals surface area contributed by atoms with E-state index in [1.165, 1.54) is 38.1 Å². The molecule has 0 atom stereocenters. The Labute approximate surface area is 99.4 Å². The third-order valence-electron chi connectivity index (χ3n) is 1.87. The number of aliphatic hydroxyl groups excluding tert-OH is 1. The van der Waals surface area contributed by atoms with Crippen molar-refractivity contribution in [2.45, 2.75) is 19.7 Å². The average Bonchev–Trinajstić information content (AvgIpc) is 2.24. The molecule has 0 spiro atoms. The molecule has 94 valence electrons. The molecular formula is C12H16FNO3. The second kappa shape index (κ2) is 5.63. The van der Waals surface area contributed by atoms with Crippen LogP contribution in [0.1, 0.15) is 24.2 Å². The van der Waals surface area contributed by atoms with Crippen molar-refractivity contribution in [2.24, 2.45) is 0 Å². The van der Waals surface area contributed by atoms with Gasteiger partial charge in [-0.3, -0.25) is 4.79 Å². The first-order valence-electron chi connectivity index (χ1n) is 5.29. The number of alkyl halides is 1. The van der Waals surface area contributed by atoms with Gasteiger partial charge < -0.3 is 15.2 Å². The number of hydrogen-bond acceptors (Lipinski definition) is 3. The van der Waals surface area contributed by atoms with Gasteiger partial charge in [-0.15, -0.1) is 0 Å². The smallest absolute Gasteiger partial charge is 0.251 e. The fourth-order valence-electron chi connectivity index (χ4n) is 1.23. The second-order valence-electron chi connectivity index (χ2n) is 3.97. The zero-order valence-corrected chi connectivity index (χ0v) is 9.87. The Morgan fingerprint density at radius 2 is 2.00 bits per heavy atom. The summed E-state index contributed by atoms with van der Waals surface area (Å²) in [5, 5.41) is 11.1.